The van der Waals surface area contributed by atoms with Gasteiger partial charge in [0.25, 0.3) is 0 Å². The highest BCUT2D eigenvalue weighted by Crippen LogP contribution is 2.26. The first-order valence-electron chi connectivity index (χ1n) is 7.70. The molecule has 20 heavy (non-hydrogen) atoms. The van der Waals surface area contributed by atoms with Crippen LogP contribution in [0.5, 0.6) is 0 Å². The molecule has 3 nitrogen and oxygen atoms in total. The number of hydrogen-bond donors (Lipinski definition) is 2. The second-order valence-electron chi connectivity index (χ2n) is 5.30. The molecule has 0 amide bonds. The molecule has 0 saturated heterocycles. The van der Waals surface area contributed by atoms with Crippen LogP contribution in [0.15, 0.2) is 30.5 Å². The zero-order valence-electron chi connectivity index (χ0n) is 12.4. The third kappa shape index (κ3) is 3.86. The summed E-state index contributed by atoms with van der Waals surface area (Å²) in [6.07, 6.45) is 9.70. The number of rotatable bonds is 8. The van der Waals surface area contributed by atoms with E-state index in [4.69, 9.17) is 5.73 Å². The Morgan fingerprint density at radius 1 is 1.05 bits per heavy atom. The predicted molar refractivity (Wildman–Crippen MR) is 88.0 cm³/mol. The maximum absolute atomic E-state index is 5.98. The van der Waals surface area contributed by atoms with Crippen LogP contribution >= 0.6 is 0 Å². The van der Waals surface area contributed by atoms with Crippen LogP contribution in [0.25, 0.3) is 10.9 Å². The minimum Gasteiger partial charge on any atom is -0.398 e. The van der Waals surface area contributed by atoms with Gasteiger partial charge in [0, 0.05) is 23.8 Å². The zero-order valence-corrected chi connectivity index (χ0v) is 12.4. The van der Waals surface area contributed by atoms with Crippen LogP contribution < -0.4 is 11.1 Å². The van der Waals surface area contributed by atoms with Crippen LogP contribution in [0.4, 0.5) is 11.4 Å². The van der Waals surface area contributed by atoms with Gasteiger partial charge < -0.3 is 11.1 Å². The van der Waals surface area contributed by atoms with Gasteiger partial charge in [-0.05, 0) is 30.7 Å². The Kier molecular flexibility index (Phi) is 5.66. The van der Waals surface area contributed by atoms with E-state index in [0.29, 0.717) is 0 Å². The molecule has 3 N–H and O–H groups in total. The van der Waals surface area contributed by atoms with E-state index in [1.807, 2.05) is 30.5 Å². The Hall–Kier alpha value is -1.77. The highest BCUT2D eigenvalue weighted by atomic mass is 14.9. The van der Waals surface area contributed by atoms with Gasteiger partial charge >= 0.3 is 0 Å². The summed E-state index contributed by atoms with van der Waals surface area (Å²) in [4.78, 5) is 4.44. The van der Waals surface area contributed by atoms with Crippen molar-refractivity contribution >= 4 is 22.3 Å². The molecule has 108 valence electrons. The van der Waals surface area contributed by atoms with Crippen molar-refractivity contribution in [1.82, 2.24) is 4.98 Å². The lowest BCUT2D eigenvalue weighted by molar-refractivity contribution is 0.617. The number of nitrogens with one attached hydrogen (secondary N) is 1. The van der Waals surface area contributed by atoms with E-state index in [1.54, 1.807) is 0 Å². The lowest BCUT2D eigenvalue weighted by Gasteiger charge is -2.10. The molecule has 0 atom stereocenters. The number of nitrogen functional groups attached to an aromatic ring is 1. The second kappa shape index (κ2) is 7.73. The summed E-state index contributed by atoms with van der Waals surface area (Å²) < 4.78 is 0. The number of anilines is 2. The first-order chi connectivity index (χ1) is 9.83. The Morgan fingerprint density at radius 3 is 2.70 bits per heavy atom. The molecule has 0 spiro atoms. The zero-order chi connectivity index (χ0) is 14.2. The van der Waals surface area contributed by atoms with E-state index >= 15 is 0 Å². The lowest BCUT2D eigenvalue weighted by atomic mass is 10.1. The fraction of sp³-hybridized carbons (Fsp3) is 0.471. The minimum absolute atomic E-state index is 0.790. The summed E-state index contributed by atoms with van der Waals surface area (Å²) in [6.45, 7) is 3.25. The van der Waals surface area contributed by atoms with Crippen LogP contribution in [-0.4, -0.2) is 11.5 Å². The summed E-state index contributed by atoms with van der Waals surface area (Å²) in [7, 11) is 0. The molecule has 0 aliphatic heterocycles. The SMILES string of the molecule is CCCCCCCCNc1ccc(N)c2cccnc12. The summed E-state index contributed by atoms with van der Waals surface area (Å²) in [6, 6.07) is 7.93. The summed E-state index contributed by atoms with van der Waals surface area (Å²) in [5, 5.41) is 4.52. The van der Waals surface area contributed by atoms with E-state index in [2.05, 4.69) is 17.2 Å². The molecule has 0 bridgehead atoms. The monoisotopic (exact) mass is 271 g/mol. The number of fused-ring (bicyclic) bond motifs is 1. The fourth-order valence-electron chi connectivity index (χ4n) is 2.47. The number of benzene rings is 1. The van der Waals surface area contributed by atoms with E-state index < -0.39 is 0 Å². The molecule has 0 aliphatic rings. The molecule has 0 saturated carbocycles. The van der Waals surface area contributed by atoms with Gasteiger partial charge in [-0.1, -0.05) is 39.0 Å². The summed E-state index contributed by atoms with van der Waals surface area (Å²) in [5.74, 6) is 0. The molecule has 0 fully saturated rings. The smallest absolute Gasteiger partial charge is 0.0953 e. The van der Waals surface area contributed by atoms with Crippen LogP contribution in [0, 0.1) is 0 Å². The van der Waals surface area contributed by atoms with E-state index in [9.17, 15) is 0 Å². The minimum atomic E-state index is 0.790. The molecule has 2 aromatic rings. The Labute approximate surface area is 121 Å². The van der Waals surface area contributed by atoms with E-state index in [0.717, 1.165) is 28.8 Å². The molecule has 0 radical (unpaired) electrons. The number of unbranched alkanes of at least 4 members (excludes halogenated alkanes) is 5. The van der Waals surface area contributed by atoms with Crippen LogP contribution in [0.3, 0.4) is 0 Å². The van der Waals surface area contributed by atoms with Crippen molar-refractivity contribution in [1.29, 1.82) is 0 Å². The fourth-order valence-corrected chi connectivity index (χ4v) is 2.47. The number of nitrogens with zero attached hydrogens (tertiary/aromatic N) is 1. The molecule has 1 aromatic heterocycles. The summed E-state index contributed by atoms with van der Waals surface area (Å²) >= 11 is 0. The lowest BCUT2D eigenvalue weighted by Crippen LogP contribution is -2.03. The average Bonchev–Trinajstić information content (AvgIpc) is 2.49. The normalized spacial score (nSPS) is 10.8. The largest absolute Gasteiger partial charge is 0.398 e. The molecule has 2 rings (SSSR count). The number of hydrogen-bond acceptors (Lipinski definition) is 3. The van der Waals surface area contributed by atoms with Crippen molar-refractivity contribution < 1.29 is 0 Å². The molecular weight excluding hydrogens is 246 g/mol. The topological polar surface area (TPSA) is 50.9 Å². The maximum Gasteiger partial charge on any atom is 0.0953 e. The molecular formula is C17H25N3. The van der Waals surface area contributed by atoms with Gasteiger partial charge in [0.1, 0.15) is 0 Å². The van der Waals surface area contributed by atoms with Gasteiger partial charge in [-0.3, -0.25) is 4.98 Å². The van der Waals surface area contributed by atoms with Crippen molar-refractivity contribution in [3.8, 4) is 0 Å². The molecule has 0 aliphatic carbocycles. The van der Waals surface area contributed by atoms with Crippen molar-refractivity contribution in [2.75, 3.05) is 17.6 Å². The molecule has 3 heteroatoms. The van der Waals surface area contributed by atoms with Gasteiger partial charge in [-0.2, -0.15) is 0 Å². The first-order valence-corrected chi connectivity index (χ1v) is 7.70. The Bertz CT molecular complexity index is 537. The van der Waals surface area contributed by atoms with Gasteiger partial charge in [0.15, 0.2) is 0 Å². The van der Waals surface area contributed by atoms with Crippen molar-refractivity contribution in [2.24, 2.45) is 0 Å². The van der Waals surface area contributed by atoms with Crippen molar-refractivity contribution in [2.45, 2.75) is 45.4 Å². The third-order valence-electron chi connectivity index (χ3n) is 3.65. The number of pyridine rings is 1. The molecule has 0 unspecified atom stereocenters. The summed E-state index contributed by atoms with van der Waals surface area (Å²) in [5.41, 5.74) is 8.83. The number of nitrogens with two attached hydrogens (primary N) is 1. The average molecular weight is 271 g/mol. The van der Waals surface area contributed by atoms with Crippen LogP contribution in [-0.2, 0) is 0 Å². The van der Waals surface area contributed by atoms with Crippen LogP contribution in [0.1, 0.15) is 45.4 Å². The van der Waals surface area contributed by atoms with E-state index in [-0.39, 0.29) is 0 Å². The first kappa shape index (κ1) is 14.6. The molecule has 1 heterocycles. The van der Waals surface area contributed by atoms with Gasteiger partial charge in [0.2, 0.25) is 0 Å². The predicted octanol–water partition coefficient (Wildman–Crippen LogP) is 4.59. The van der Waals surface area contributed by atoms with Crippen molar-refractivity contribution in [3.05, 3.63) is 30.5 Å². The standard InChI is InChI=1S/C17H25N3/c1-2-3-4-5-6-7-12-19-16-11-10-15(18)14-9-8-13-20-17(14)16/h8-11,13,19H,2-7,12,18H2,1H3. The highest BCUT2D eigenvalue weighted by Gasteiger charge is 2.04. The maximum atomic E-state index is 5.98. The second-order valence-corrected chi connectivity index (χ2v) is 5.30. The van der Waals surface area contributed by atoms with Gasteiger partial charge in [0.05, 0.1) is 11.2 Å². The van der Waals surface area contributed by atoms with Crippen molar-refractivity contribution in [3.63, 3.8) is 0 Å². The van der Waals surface area contributed by atoms with Crippen LogP contribution in [0.2, 0.25) is 0 Å². The number of aromatic nitrogens is 1. The van der Waals surface area contributed by atoms with E-state index in [1.165, 1.54) is 38.5 Å². The third-order valence-corrected chi connectivity index (χ3v) is 3.65. The van der Waals surface area contributed by atoms with Gasteiger partial charge in [-0.15, -0.1) is 0 Å². The molecule has 1 aromatic carbocycles. The van der Waals surface area contributed by atoms with Gasteiger partial charge in [-0.25, -0.2) is 0 Å². The quantitative estimate of drug-likeness (QED) is 0.545. The Balaban J connectivity index is 1.86. The Morgan fingerprint density at radius 2 is 1.85 bits per heavy atom. The highest BCUT2D eigenvalue weighted by molar-refractivity contribution is 5.98.